The van der Waals surface area contributed by atoms with E-state index in [-0.39, 0.29) is 11.7 Å². The average Bonchev–Trinajstić information content (AvgIpc) is 2.91. The predicted molar refractivity (Wildman–Crippen MR) is 87.4 cm³/mol. The smallest absolute Gasteiger partial charge is 0.243 e. The minimum Gasteiger partial charge on any atom is -0.362 e. The summed E-state index contributed by atoms with van der Waals surface area (Å²) in [5, 5.41) is 2.86. The van der Waals surface area contributed by atoms with Gasteiger partial charge in [-0.05, 0) is 37.1 Å². The van der Waals surface area contributed by atoms with E-state index in [4.69, 9.17) is 0 Å². The van der Waals surface area contributed by atoms with Crippen molar-refractivity contribution in [2.24, 2.45) is 0 Å². The van der Waals surface area contributed by atoms with Crippen molar-refractivity contribution in [3.05, 3.63) is 59.7 Å². The molecule has 0 aliphatic carbocycles. The summed E-state index contributed by atoms with van der Waals surface area (Å²) in [6.07, 6.45) is 0.975. The number of amides is 1. The zero-order chi connectivity index (χ0) is 15.5. The minimum atomic E-state index is -0.0718. The van der Waals surface area contributed by atoms with E-state index in [9.17, 15) is 9.59 Å². The first-order chi connectivity index (χ1) is 10.6. The number of anilines is 2. The van der Waals surface area contributed by atoms with Gasteiger partial charge in [-0.1, -0.05) is 30.3 Å². The normalized spacial score (nSPS) is 12.9. The lowest BCUT2D eigenvalue weighted by Gasteiger charge is -2.18. The van der Waals surface area contributed by atoms with Crippen LogP contribution < -0.4 is 10.2 Å². The summed E-state index contributed by atoms with van der Waals surface area (Å²) in [6.45, 7) is 2.70. The van der Waals surface area contributed by atoms with Crippen LogP contribution in [0.5, 0.6) is 0 Å². The first-order valence-electron chi connectivity index (χ1n) is 7.37. The van der Waals surface area contributed by atoms with E-state index in [1.807, 2.05) is 18.2 Å². The Morgan fingerprint density at radius 3 is 2.77 bits per heavy atom. The summed E-state index contributed by atoms with van der Waals surface area (Å²) in [6, 6.07) is 15.2. The Kier molecular flexibility index (Phi) is 3.92. The molecule has 2 aromatic carbocycles. The summed E-state index contributed by atoms with van der Waals surface area (Å²) >= 11 is 0. The number of benzene rings is 2. The van der Waals surface area contributed by atoms with Crippen molar-refractivity contribution in [2.75, 3.05) is 23.3 Å². The molecule has 4 heteroatoms. The predicted octanol–water partition coefficient (Wildman–Crippen LogP) is 2.89. The molecule has 0 saturated heterocycles. The van der Waals surface area contributed by atoms with Crippen LogP contribution in [0.2, 0.25) is 0 Å². The third kappa shape index (κ3) is 3.01. The third-order valence-electron chi connectivity index (χ3n) is 3.87. The zero-order valence-corrected chi connectivity index (χ0v) is 12.5. The molecule has 0 saturated carbocycles. The Labute approximate surface area is 129 Å². The maximum atomic E-state index is 12.2. The molecule has 1 amide bonds. The van der Waals surface area contributed by atoms with Crippen molar-refractivity contribution in [3.63, 3.8) is 0 Å². The number of rotatable bonds is 4. The number of carbonyl (C=O) groups excluding carboxylic acids is 2. The zero-order valence-electron chi connectivity index (χ0n) is 12.5. The number of hydrogen-bond donors (Lipinski definition) is 1. The quantitative estimate of drug-likeness (QED) is 0.882. The first kappa shape index (κ1) is 14.3. The second-order valence-corrected chi connectivity index (χ2v) is 5.49. The van der Waals surface area contributed by atoms with Gasteiger partial charge in [0.2, 0.25) is 5.91 Å². The molecule has 0 spiro atoms. The van der Waals surface area contributed by atoms with Crippen LogP contribution >= 0.6 is 0 Å². The van der Waals surface area contributed by atoms with Gasteiger partial charge in [0.05, 0.1) is 6.54 Å². The minimum absolute atomic E-state index is 0.00966. The SMILES string of the molecule is CC(=O)c1cccc(NC(=O)CN2CCc3ccccc32)c1. The maximum Gasteiger partial charge on any atom is 0.243 e. The van der Waals surface area contributed by atoms with Crippen molar-refractivity contribution >= 4 is 23.1 Å². The number of hydrogen-bond acceptors (Lipinski definition) is 3. The van der Waals surface area contributed by atoms with E-state index >= 15 is 0 Å². The third-order valence-corrected chi connectivity index (χ3v) is 3.87. The molecule has 0 radical (unpaired) electrons. The molecule has 0 atom stereocenters. The molecule has 1 N–H and O–H groups in total. The van der Waals surface area contributed by atoms with Crippen LogP contribution in [0.1, 0.15) is 22.8 Å². The Balaban J connectivity index is 1.66. The van der Waals surface area contributed by atoms with E-state index in [1.165, 1.54) is 12.5 Å². The van der Waals surface area contributed by atoms with Crippen LogP contribution in [-0.2, 0) is 11.2 Å². The molecule has 0 fully saturated rings. The molecule has 1 aliphatic rings. The molecular weight excluding hydrogens is 276 g/mol. The molecule has 1 heterocycles. The fourth-order valence-corrected chi connectivity index (χ4v) is 2.76. The molecule has 0 aromatic heterocycles. The molecule has 0 bridgehead atoms. The van der Waals surface area contributed by atoms with Gasteiger partial charge in [0.15, 0.2) is 5.78 Å². The van der Waals surface area contributed by atoms with Gasteiger partial charge in [0.1, 0.15) is 0 Å². The van der Waals surface area contributed by atoms with Gasteiger partial charge in [-0.2, -0.15) is 0 Å². The highest BCUT2D eigenvalue weighted by molar-refractivity contribution is 5.98. The van der Waals surface area contributed by atoms with Gasteiger partial charge in [-0.25, -0.2) is 0 Å². The lowest BCUT2D eigenvalue weighted by molar-refractivity contribution is -0.115. The van der Waals surface area contributed by atoms with Crippen molar-refractivity contribution in [1.82, 2.24) is 0 Å². The monoisotopic (exact) mass is 294 g/mol. The van der Waals surface area contributed by atoms with Crippen LogP contribution in [0.4, 0.5) is 11.4 Å². The van der Waals surface area contributed by atoms with Crippen LogP contribution in [0.15, 0.2) is 48.5 Å². The van der Waals surface area contributed by atoms with Crippen molar-refractivity contribution < 1.29 is 9.59 Å². The average molecular weight is 294 g/mol. The lowest BCUT2D eigenvalue weighted by atomic mass is 10.1. The Hall–Kier alpha value is -2.62. The van der Waals surface area contributed by atoms with Crippen molar-refractivity contribution in [1.29, 1.82) is 0 Å². The molecular formula is C18H18N2O2. The molecule has 1 aliphatic heterocycles. The molecule has 4 nitrogen and oxygen atoms in total. The topological polar surface area (TPSA) is 49.4 Å². The van der Waals surface area contributed by atoms with E-state index in [0.29, 0.717) is 17.8 Å². The number of nitrogens with one attached hydrogen (secondary N) is 1. The molecule has 112 valence electrons. The summed E-state index contributed by atoms with van der Waals surface area (Å²) in [7, 11) is 0. The summed E-state index contributed by atoms with van der Waals surface area (Å²) in [4.78, 5) is 25.7. The highest BCUT2D eigenvalue weighted by atomic mass is 16.2. The summed E-state index contributed by atoms with van der Waals surface area (Å²) < 4.78 is 0. The van der Waals surface area contributed by atoms with E-state index < -0.39 is 0 Å². The number of carbonyl (C=O) groups is 2. The van der Waals surface area contributed by atoms with Crippen LogP contribution in [0.25, 0.3) is 0 Å². The number of fused-ring (bicyclic) bond motifs is 1. The summed E-state index contributed by atoms with van der Waals surface area (Å²) in [5.74, 6) is -0.0815. The Morgan fingerprint density at radius 1 is 1.14 bits per heavy atom. The Morgan fingerprint density at radius 2 is 1.95 bits per heavy atom. The van der Waals surface area contributed by atoms with Crippen molar-refractivity contribution in [2.45, 2.75) is 13.3 Å². The first-order valence-corrected chi connectivity index (χ1v) is 7.37. The van der Waals surface area contributed by atoms with E-state index in [2.05, 4.69) is 16.3 Å². The number of ketones is 1. The van der Waals surface area contributed by atoms with Crippen molar-refractivity contribution in [3.8, 4) is 0 Å². The van der Waals surface area contributed by atoms with Gasteiger partial charge in [-0.15, -0.1) is 0 Å². The van der Waals surface area contributed by atoms with Gasteiger partial charge < -0.3 is 10.2 Å². The van der Waals surface area contributed by atoms with Crippen LogP contribution in [0.3, 0.4) is 0 Å². The second-order valence-electron chi connectivity index (χ2n) is 5.49. The second kappa shape index (κ2) is 6.02. The molecule has 3 rings (SSSR count). The number of nitrogens with zero attached hydrogens (tertiary/aromatic N) is 1. The van der Waals surface area contributed by atoms with Crippen LogP contribution in [-0.4, -0.2) is 24.8 Å². The van der Waals surface area contributed by atoms with Gasteiger partial charge >= 0.3 is 0 Å². The van der Waals surface area contributed by atoms with E-state index in [0.717, 1.165) is 18.7 Å². The number of Topliss-reactive ketones (excluding diaryl/α,β-unsaturated/α-hetero) is 1. The molecule has 2 aromatic rings. The fourth-order valence-electron chi connectivity index (χ4n) is 2.76. The molecule has 22 heavy (non-hydrogen) atoms. The highest BCUT2D eigenvalue weighted by Gasteiger charge is 2.20. The Bertz CT molecular complexity index is 725. The standard InChI is InChI=1S/C18H18N2O2/c1-13(21)15-6-4-7-16(11-15)19-18(22)12-20-10-9-14-5-2-3-8-17(14)20/h2-8,11H,9-10,12H2,1H3,(H,19,22). The van der Waals surface area contributed by atoms with Gasteiger partial charge in [0, 0.05) is 23.5 Å². The van der Waals surface area contributed by atoms with Crippen LogP contribution in [0, 0.1) is 0 Å². The number of para-hydroxylation sites is 1. The maximum absolute atomic E-state index is 12.2. The summed E-state index contributed by atoms with van der Waals surface area (Å²) in [5.41, 5.74) is 3.68. The molecule has 0 unspecified atom stereocenters. The van der Waals surface area contributed by atoms with Gasteiger partial charge in [-0.3, -0.25) is 9.59 Å². The van der Waals surface area contributed by atoms with E-state index in [1.54, 1.807) is 24.3 Å². The van der Waals surface area contributed by atoms with Gasteiger partial charge in [0.25, 0.3) is 0 Å². The highest BCUT2D eigenvalue weighted by Crippen LogP contribution is 2.27. The largest absolute Gasteiger partial charge is 0.362 e. The lowest BCUT2D eigenvalue weighted by Crippen LogP contribution is -2.31. The fraction of sp³-hybridized carbons (Fsp3) is 0.222.